The highest BCUT2D eigenvalue weighted by Crippen LogP contribution is 2.37. The molecule has 9 heteroatoms. The van der Waals surface area contributed by atoms with Crippen LogP contribution in [0, 0.1) is 12.7 Å². The van der Waals surface area contributed by atoms with Crippen LogP contribution in [0.2, 0.25) is 0 Å². The number of benzene rings is 3. The normalized spacial score (nSPS) is 10.7. The molecule has 0 unspecified atom stereocenters. The molecule has 3 aromatic rings. The quantitative estimate of drug-likeness (QED) is 0.246. The fraction of sp³-hybridized carbons (Fsp3) is 0.160. The number of rotatable bonds is 8. The van der Waals surface area contributed by atoms with Crippen LogP contribution >= 0.6 is 15.9 Å². The number of hydrazone groups is 1. The summed E-state index contributed by atoms with van der Waals surface area (Å²) in [4.78, 5) is 23.9. The molecule has 3 aromatic carbocycles. The van der Waals surface area contributed by atoms with Crippen molar-refractivity contribution in [2.24, 2.45) is 5.10 Å². The lowest BCUT2D eigenvalue weighted by Crippen LogP contribution is -2.32. The van der Waals surface area contributed by atoms with Gasteiger partial charge in [-0.2, -0.15) is 5.10 Å². The van der Waals surface area contributed by atoms with Crippen molar-refractivity contribution in [3.8, 4) is 11.5 Å². The molecule has 0 radical (unpaired) electrons. The van der Waals surface area contributed by atoms with Crippen molar-refractivity contribution in [3.63, 3.8) is 0 Å². The molecule has 7 nitrogen and oxygen atoms in total. The maximum absolute atomic E-state index is 13.6. The molecule has 0 aliphatic rings. The number of carbonyl (C=O) groups is 2. The molecule has 0 saturated heterocycles. The molecule has 0 saturated carbocycles. The smallest absolute Gasteiger partial charge is 0.329 e. The van der Waals surface area contributed by atoms with Crippen molar-refractivity contribution in [2.75, 3.05) is 11.9 Å². The van der Waals surface area contributed by atoms with Crippen molar-refractivity contribution < 1.29 is 23.5 Å². The van der Waals surface area contributed by atoms with Crippen LogP contribution in [0.4, 0.5) is 10.1 Å². The summed E-state index contributed by atoms with van der Waals surface area (Å²) >= 11 is 3.49. The van der Waals surface area contributed by atoms with Crippen LogP contribution in [-0.2, 0) is 16.2 Å². The predicted molar refractivity (Wildman–Crippen MR) is 132 cm³/mol. The Hall–Kier alpha value is -3.72. The van der Waals surface area contributed by atoms with Crippen LogP contribution in [0.25, 0.3) is 0 Å². The van der Waals surface area contributed by atoms with Gasteiger partial charge in [0.05, 0.1) is 23.0 Å². The number of aryl methyl sites for hydroxylation is 1. The minimum atomic E-state index is -1.04. The van der Waals surface area contributed by atoms with Gasteiger partial charge in [-0.05, 0) is 65.2 Å². The van der Waals surface area contributed by atoms with Crippen LogP contribution in [0.1, 0.15) is 23.6 Å². The van der Waals surface area contributed by atoms with Crippen LogP contribution in [-0.4, -0.2) is 24.6 Å². The number of nitrogens with one attached hydrogen (secondary N) is 2. The first-order chi connectivity index (χ1) is 16.4. The zero-order valence-electron chi connectivity index (χ0n) is 18.6. The first-order valence-electron chi connectivity index (χ1n) is 10.4. The Morgan fingerprint density at radius 1 is 1.06 bits per heavy atom. The molecular weight excluding hydrogens is 505 g/mol. The third kappa shape index (κ3) is 6.89. The molecule has 0 heterocycles. The molecule has 0 aliphatic carbocycles. The van der Waals surface area contributed by atoms with E-state index < -0.39 is 17.6 Å². The van der Waals surface area contributed by atoms with Gasteiger partial charge in [0, 0.05) is 0 Å². The van der Waals surface area contributed by atoms with E-state index in [1.165, 1.54) is 30.5 Å². The zero-order chi connectivity index (χ0) is 24.5. The molecule has 0 fully saturated rings. The summed E-state index contributed by atoms with van der Waals surface area (Å²) in [5.74, 6) is -1.70. The first-order valence-corrected chi connectivity index (χ1v) is 11.2. The van der Waals surface area contributed by atoms with E-state index in [2.05, 4.69) is 31.8 Å². The number of amides is 2. The third-order valence-electron chi connectivity index (χ3n) is 4.51. The molecule has 0 bridgehead atoms. The van der Waals surface area contributed by atoms with Crippen LogP contribution < -0.4 is 20.2 Å². The molecule has 34 heavy (non-hydrogen) atoms. The Morgan fingerprint density at radius 2 is 1.85 bits per heavy atom. The molecule has 3 rings (SSSR count). The van der Waals surface area contributed by atoms with E-state index in [1.807, 2.05) is 38.1 Å². The van der Waals surface area contributed by atoms with Crippen molar-refractivity contribution >= 4 is 39.6 Å². The summed E-state index contributed by atoms with van der Waals surface area (Å²) < 4.78 is 26.0. The predicted octanol–water partition coefficient (Wildman–Crippen LogP) is 4.96. The van der Waals surface area contributed by atoms with E-state index in [0.717, 1.165) is 11.1 Å². The number of halogens is 2. The van der Waals surface area contributed by atoms with Crippen LogP contribution in [0.5, 0.6) is 11.5 Å². The second-order valence-electron chi connectivity index (χ2n) is 7.17. The van der Waals surface area contributed by atoms with E-state index in [9.17, 15) is 14.0 Å². The summed E-state index contributed by atoms with van der Waals surface area (Å²) in [7, 11) is 0. The highest BCUT2D eigenvalue weighted by molar-refractivity contribution is 9.10. The summed E-state index contributed by atoms with van der Waals surface area (Å²) in [6, 6.07) is 17.0. The summed E-state index contributed by atoms with van der Waals surface area (Å²) in [5, 5.41) is 5.99. The van der Waals surface area contributed by atoms with E-state index in [4.69, 9.17) is 9.47 Å². The second kappa shape index (κ2) is 11.9. The second-order valence-corrected chi connectivity index (χ2v) is 8.03. The maximum Gasteiger partial charge on any atom is 0.329 e. The topological polar surface area (TPSA) is 89.0 Å². The number of hydrogen-bond donors (Lipinski definition) is 2. The monoisotopic (exact) mass is 527 g/mol. The number of para-hydroxylation sites is 1. The number of nitrogens with zero attached hydrogens (tertiary/aromatic N) is 1. The van der Waals surface area contributed by atoms with E-state index >= 15 is 0 Å². The zero-order valence-corrected chi connectivity index (χ0v) is 20.2. The minimum Gasteiger partial charge on any atom is -0.490 e. The van der Waals surface area contributed by atoms with Crippen LogP contribution in [0.3, 0.4) is 0 Å². The lowest BCUT2D eigenvalue weighted by atomic mass is 10.1. The average molecular weight is 528 g/mol. The van der Waals surface area contributed by atoms with Crippen molar-refractivity contribution in [1.29, 1.82) is 0 Å². The number of anilines is 1. The molecule has 0 aromatic heterocycles. The van der Waals surface area contributed by atoms with E-state index in [1.54, 1.807) is 12.1 Å². The molecule has 176 valence electrons. The van der Waals surface area contributed by atoms with Gasteiger partial charge in [0.25, 0.3) is 0 Å². The van der Waals surface area contributed by atoms with Gasteiger partial charge in [-0.15, -0.1) is 0 Å². The number of hydrogen-bond acceptors (Lipinski definition) is 5. The highest BCUT2D eigenvalue weighted by atomic mass is 79.9. The summed E-state index contributed by atoms with van der Waals surface area (Å²) in [6.45, 7) is 4.65. The Bertz CT molecular complexity index is 1220. The Balaban J connectivity index is 1.66. The lowest BCUT2D eigenvalue weighted by molar-refractivity contribution is -0.136. The van der Waals surface area contributed by atoms with Gasteiger partial charge in [0.2, 0.25) is 0 Å². The standard InChI is InChI=1S/C25H23BrFN3O4/c1-3-33-22-13-18(12-19(26)23(22)34-15-17-8-6-7-16(2)11-17)14-28-30-25(32)24(31)29-21-10-5-4-9-20(21)27/h4-14H,3,15H2,1-2H3,(H,29,31)(H,30,32)/b28-14+. The molecule has 0 atom stereocenters. The van der Waals surface area contributed by atoms with Gasteiger partial charge in [-0.3, -0.25) is 9.59 Å². The average Bonchev–Trinajstić information content (AvgIpc) is 2.80. The van der Waals surface area contributed by atoms with Gasteiger partial charge in [0.1, 0.15) is 12.4 Å². The number of carbonyl (C=O) groups excluding carboxylic acids is 2. The summed E-state index contributed by atoms with van der Waals surface area (Å²) in [5.41, 5.74) is 4.77. The lowest BCUT2D eigenvalue weighted by Gasteiger charge is -2.15. The Kier molecular flexibility index (Phi) is 8.75. The minimum absolute atomic E-state index is 0.0989. The van der Waals surface area contributed by atoms with Crippen molar-refractivity contribution in [1.82, 2.24) is 5.43 Å². The van der Waals surface area contributed by atoms with Crippen molar-refractivity contribution in [2.45, 2.75) is 20.5 Å². The van der Waals surface area contributed by atoms with E-state index in [0.29, 0.717) is 34.7 Å². The van der Waals surface area contributed by atoms with Gasteiger partial charge < -0.3 is 14.8 Å². The SMILES string of the molecule is CCOc1cc(/C=N/NC(=O)C(=O)Nc2ccccc2F)cc(Br)c1OCc1cccc(C)c1. The summed E-state index contributed by atoms with van der Waals surface area (Å²) in [6.07, 6.45) is 1.35. The molecule has 2 N–H and O–H groups in total. The van der Waals surface area contributed by atoms with Gasteiger partial charge in [-0.25, -0.2) is 9.82 Å². The van der Waals surface area contributed by atoms with Crippen LogP contribution in [0.15, 0.2) is 70.2 Å². The number of ether oxygens (including phenoxy) is 2. The first kappa shape index (κ1) is 24.9. The third-order valence-corrected chi connectivity index (χ3v) is 5.09. The molecule has 2 amide bonds. The van der Waals surface area contributed by atoms with E-state index in [-0.39, 0.29) is 5.69 Å². The Labute approximate surface area is 205 Å². The molecule has 0 aliphatic heterocycles. The molecule has 0 spiro atoms. The molecular formula is C25H23BrFN3O4. The highest BCUT2D eigenvalue weighted by Gasteiger charge is 2.15. The Morgan fingerprint density at radius 3 is 2.59 bits per heavy atom. The van der Waals surface area contributed by atoms with Gasteiger partial charge in [0.15, 0.2) is 11.5 Å². The fourth-order valence-corrected chi connectivity index (χ4v) is 3.55. The maximum atomic E-state index is 13.6. The van der Waals surface area contributed by atoms with Gasteiger partial charge >= 0.3 is 11.8 Å². The largest absolute Gasteiger partial charge is 0.490 e. The van der Waals surface area contributed by atoms with Crippen molar-refractivity contribution in [3.05, 3.63) is 87.6 Å². The van der Waals surface area contributed by atoms with Gasteiger partial charge in [-0.1, -0.05) is 42.0 Å². The fourth-order valence-electron chi connectivity index (χ4n) is 2.98.